The van der Waals surface area contributed by atoms with E-state index in [0.29, 0.717) is 19.4 Å². The van der Waals surface area contributed by atoms with E-state index in [1.807, 2.05) is 30.3 Å². The van der Waals surface area contributed by atoms with Gasteiger partial charge in [0.2, 0.25) is 0 Å². The van der Waals surface area contributed by atoms with Crippen LogP contribution in [0.4, 0.5) is 0 Å². The minimum absolute atomic E-state index is 0.318. The Morgan fingerprint density at radius 3 is 2.55 bits per heavy atom. The quantitative estimate of drug-likeness (QED) is 0.860. The lowest BCUT2D eigenvalue weighted by Gasteiger charge is -2.30. The van der Waals surface area contributed by atoms with Crippen molar-refractivity contribution in [2.75, 3.05) is 7.05 Å². The Kier molecular flexibility index (Phi) is 5.15. The molecule has 20 heavy (non-hydrogen) atoms. The average molecular weight is 298 g/mol. The van der Waals surface area contributed by atoms with Crippen molar-refractivity contribution in [3.63, 3.8) is 0 Å². The molecule has 0 aromatic heterocycles. The van der Waals surface area contributed by atoms with Crippen molar-refractivity contribution in [1.29, 1.82) is 0 Å². The molecule has 1 aromatic rings. The first-order valence-electron chi connectivity index (χ1n) is 6.94. The molecular weight excluding hydrogens is 276 g/mol. The van der Waals surface area contributed by atoms with Gasteiger partial charge in [-0.1, -0.05) is 43.2 Å². The summed E-state index contributed by atoms with van der Waals surface area (Å²) in [5.41, 5.74) is 0.935. The molecule has 0 radical (unpaired) electrons. The van der Waals surface area contributed by atoms with Gasteiger partial charge in [0.25, 0.3) is 10.2 Å². The first-order chi connectivity index (χ1) is 9.49. The van der Waals surface area contributed by atoms with E-state index in [2.05, 4.69) is 4.72 Å². The third kappa shape index (κ3) is 4.02. The Bertz CT molecular complexity index is 518. The molecule has 2 unspecified atom stereocenters. The van der Waals surface area contributed by atoms with E-state index in [-0.39, 0.29) is 6.04 Å². The van der Waals surface area contributed by atoms with Crippen molar-refractivity contribution < 1.29 is 13.5 Å². The summed E-state index contributed by atoms with van der Waals surface area (Å²) in [6, 6.07) is 9.08. The fourth-order valence-corrected chi connectivity index (χ4v) is 3.61. The fourth-order valence-electron chi connectivity index (χ4n) is 2.46. The summed E-state index contributed by atoms with van der Waals surface area (Å²) in [7, 11) is -2.02. The standard InChI is InChI=1S/C14H22N2O3S/c1-16(11-12-7-3-2-4-8-12)20(18,19)15-13-9-5-6-10-14(13)17/h2-4,7-8,13-15,17H,5-6,9-11H2,1H3. The van der Waals surface area contributed by atoms with Gasteiger partial charge in [0.1, 0.15) is 0 Å². The van der Waals surface area contributed by atoms with E-state index < -0.39 is 16.3 Å². The van der Waals surface area contributed by atoms with Gasteiger partial charge in [0.15, 0.2) is 0 Å². The summed E-state index contributed by atoms with van der Waals surface area (Å²) in [4.78, 5) is 0. The van der Waals surface area contributed by atoms with Crippen molar-refractivity contribution in [3.8, 4) is 0 Å². The molecule has 0 bridgehead atoms. The van der Waals surface area contributed by atoms with E-state index in [1.54, 1.807) is 7.05 Å². The van der Waals surface area contributed by atoms with E-state index in [0.717, 1.165) is 18.4 Å². The topological polar surface area (TPSA) is 69.6 Å². The maximum atomic E-state index is 12.3. The van der Waals surface area contributed by atoms with Gasteiger partial charge >= 0.3 is 0 Å². The fraction of sp³-hybridized carbons (Fsp3) is 0.571. The number of hydrogen-bond acceptors (Lipinski definition) is 3. The van der Waals surface area contributed by atoms with Gasteiger partial charge in [-0.2, -0.15) is 17.4 Å². The van der Waals surface area contributed by atoms with Crippen LogP contribution < -0.4 is 4.72 Å². The molecule has 2 N–H and O–H groups in total. The van der Waals surface area contributed by atoms with Crippen molar-refractivity contribution >= 4 is 10.2 Å². The molecule has 0 amide bonds. The maximum Gasteiger partial charge on any atom is 0.279 e. The molecule has 0 spiro atoms. The highest BCUT2D eigenvalue weighted by Crippen LogP contribution is 2.19. The van der Waals surface area contributed by atoms with Gasteiger partial charge in [-0.15, -0.1) is 0 Å². The van der Waals surface area contributed by atoms with Crippen LogP contribution in [-0.2, 0) is 16.8 Å². The monoisotopic (exact) mass is 298 g/mol. The zero-order valence-electron chi connectivity index (χ0n) is 11.7. The summed E-state index contributed by atoms with van der Waals surface area (Å²) >= 11 is 0. The van der Waals surface area contributed by atoms with Crippen molar-refractivity contribution in [2.45, 2.75) is 44.4 Å². The number of rotatable bonds is 5. The molecule has 112 valence electrons. The maximum absolute atomic E-state index is 12.3. The van der Waals surface area contributed by atoms with Gasteiger partial charge in [-0.05, 0) is 18.4 Å². The Morgan fingerprint density at radius 1 is 1.25 bits per heavy atom. The molecular formula is C14H22N2O3S. The highest BCUT2D eigenvalue weighted by molar-refractivity contribution is 7.87. The van der Waals surface area contributed by atoms with Crippen molar-refractivity contribution in [2.24, 2.45) is 0 Å². The van der Waals surface area contributed by atoms with E-state index >= 15 is 0 Å². The van der Waals surface area contributed by atoms with Crippen LogP contribution in [0, 0.1) is 0 Å². The van der Waals surface area contributed by atoms with Crippen LogP contribution in [-0.4, -0.2) is 37.0 Å². The van der Waals surface area contributed by atoms with Crippen LogP contribution in [0.2, 0.25) is 0 Å². The number of hydrogen-bond donors (Lipinski definition) is 2. The van der Waals surface area contributed by atoms with Crippen LogP contribution in [0.1, 0.15) is 31.2 Å². The Balaban J connectivity index is 1.98. The van der Waals surface area contributed by atoms with Crippen LogP contribution in [0.3, 0.4) is 0 Å². The second-order valence-corrected chi connectivity index (χ2v) is 7.13. The van der Waals surface area contributed by atoms with Crippen LogP contribution in [0.15, 0.2) is 30.3 Å². The van der Waals surface area contributed by atoms with Crippen LogP contribution in [0.5, 0.6) is 0 Å². The summed E-state index contributed by atoms with van der Waals surface area (Å²) in [5, 5.41) is 9.86. The van der Waals surface area contributed by atoms with Crippen LogP contribution in [0.25, 0.3) is 0 Å². The number of aliphatic hydroxyl groups excluding tert-OH is 1. The largest absolute Gasteiger partial charge is 0.391 e. The first kappa shape index (κ1) is 15.4. The number of aliphatic hydroxyl groups is 1. The minimum atomic E-state index is -3.57. The molecule has 1 aromatic carbocycles. The molecule has 1 fully saturated rings. The van der Waals surface area contributed by atoms with Gasteiger partial charge < -0.3 is 5.11 Å². The van der Waals surface area contributed by atoms with E-state index in [4.69, 9.17) is 0 Å². The number of nitrogens with one attached hydrogen (secondary N) is 1. The van der Waals surface area contributed by atoms with Gasteiger partial charge in [-0.25, -0.2) is 0 Å². The molecule has 1 aliphatic rings. The van der Waals surface area contributed by atoms with Gasteiger partial charge in [0, 0.05) is 19.6 Å². The third-order valence-corrected chi connectivity index (χ3v) is 5.24. The molecule has 0 heterocycles. The molecule has 0 saturated heterocycles. The van der Waals surface area contributed by atoms with Gasteiger partial charge in [-0.3, -0.25) is 0 Å². The highest BCUT2D eigenvalue weighted by Gasteiger charge is 2.29. The second-order valence-electron chi connectivity index (χ2n) is 5.32. The molecule has 2 atom stereocenters. The Labute approximate surface area is 120 Å². The zero-order valence-corrected chi connectivity index (χ0v) is 12.5. The molecule has 2 rings (SSSR count). The predicted molar refractivity (Wildman–Crippen MR) is 78.2 cm³/mol. The lowest BCUT2D eigenvalue weighted by atomic mass is 9.93. The summed E-state index contributed by atoms with van der Waals surface area (Å²) in [6.07, 6.45) is 2.68. The molecule has 1 aliphatic carbocycles. The molecule has 0 aliphatic heterocycles. The Morgan fingerprint density at radius 2 is 1.90 bits per heavy atom. The molecule has 1 saturated carbocycles. The van der Waals surface area contributed by atoms with Crippen molar-refractivity contribution in [3.05, 3.63) is 35.9 Å². The van der Waals surface area contributed by atoms with E-state index in [1.165, 1.54) is 4.31 Å². The molecule has 6 heteroatoms. The molecule has 5 nitrogen and oxygen atoms in total. The normalized spacial score (nSPS) is 23.9. The summed E-state index contributed by atoms with van der Waals surface area (Å²) in [5.74, 6) is 0. The predicted octanol–water partition coefficient (Wildman–Crippen LogP) is 1.26. The number of nitrogens with zero attached hydrogens (tertiary/aromatic N) is 1. The first-order valence-corrected chi connectivity index (χ1v) is 8.38. The van der Waals surface area contributed by atoms with Gasteiger partial charge in [0.05, 0.1) is 6.10 Å². The third-order valence-electron chi connectivity index (χ3n) is 3.69. The Hall–Kier alpha value is -0.950. The minimum Gasteiger partial charge on any atom is -0.391 e. The average Bonchev–Trinajstić information content (AvgIpc) is 2.42. The lowest BCUT2D eigenvalue weighted by molar-refractivity contribution is 0.100. The van der Waals surface area contributed by atoms with Crippen LogP contribution >= 0.6 is 0 Å². The second kappa shape index (κ2) is 6.67. The number of benzene rings is 1. The van der Waals surface area contributed by atoms with Crippen molar-refractivity contribution in [1.82, 2.24) is 9.03 Å². The SMILES string of the molecule is CN(Cc1ccccc1)S(=O)(=O)NC1CCCCC1O. The summed E-state index contributed by atoms with van der Waals surface area (Å²) < 4.78 is 28.4. The van der Waals surface area contributed by atoms with E-state index in [9.17, 15) is 13.5 Å². The smallest absolute Gasteiger partial charge is 0.279 e. The highest BCUT2D eigenvalue weighted by atomic mass is 32.2. The lowest BCUT2D eigenvalue weighted by Crippen LogP contribution is -2.49. The summed E-state index contributed by atoms with van der Waals surface area (Å²) in [6.45, 7) is 0.318. The zero-order chi connectivity index (χ0) is 14.6.